The van der Waals surface area contributed by atoms with E-state index in [4.69, 9.17) is 0 Å². The van der Waals surface area contributed by atoms with Crippen molar-refractivity contribution >= 4 is 17.7 Å². The molecule has 3 rings (SSSR count). The van der Waals surface area contributed by atoms with Gasteiger partial charge < -0.3 is 4.90 Å². The molecule has 0 aromatic heterocycles. The summed E-state index contributed by atoms with van der Waals surface area (Å²) in [6, 6.07) is 14.6. The van der Waals surface area contributed by atoms with E-state index in [0.717, 1.165) is 28.9 Å². The van der Waals surface area contributed by atoms with Crippen molar-refractivity contribution in [3.63, 3.8) is 0 Å². The summed E-state index contributed by atoms with van der Waals surface area (Å²) in [6.07, 6.45) is 0.781. The van der Waals surface area contributed by atoms with Crippen molar-refractivity contribution in [2.75, 3.05) is 18.8 Å². The molecule has 1 heterocycles. The highest BCUT2D eigenvalue weighted by atomic mass is 32.2. The van der Waals surface area contributed by atoms with Crippen LogP contribution in [0.4, 0.5) is 4.39 Å². The summed E-state index contributed by atoms with van der Waals surface area (Å²) in [5, 5.41) is 0.117. The summed E-state index contributed by atoms with van der Waals surface area (Å²) >= 11 is 1.74. The number of rotatable bonds is 2. The van der Waals surface area contributed by atoms with Crippen LogP contribution < -0.4 is 0 Å². The van der Waals surface area contributed by atoms with Crippen LogP contribution in [0.3, 0.4) is 0 Å². The van der Waals surface area contributed by atoms with E-state index in [1.54, 1.807) is 17.8 Å². The van der Waals surface area contributed by atoms with Gasteiger partial charge in [0.1, 0.15) is 5.82 Å². The first-order chi connectivity index (χ1) is 11.2. The second-order valence-corrected chi connectivity index (χ2v) is 7.09. The van der Waals surface area contributed by atoms with E-state index in [1.807, 2.05) is 48.2 Å². The third kappa shape index (κ3) is 3.58. The van der Waals surface area contributed by atoms with Gasteiger partial charge in [0, 0.05) is 35.2 Å². The molecule has 1 fully saturated rings. The molecule has 1 aliphatic heterocycles. The van der Waals surface area contributed by atoms with Gasteiger partial charge in [0.05, 0.1) is 0 Å². The van der Waals surface area contributed by atoms with E-state index in [9.17, 15) is 9.18 Å². The summed E-state index contributed by atoms with van der Waals surface area (Å²) in [6.45, 7) is 3.34. The molecule has 2 aromatic carbocycles. The molecule has 1 atom stereocenters. The molecule has 1 saturated heterocycles. The Morgan fingerprint density at radius 1 is 1.13 bits per heavy atom. The molecule has 4 heteroatoms. The van der Waals surface area contributed by atoms with Gasteiger partial charge in [-0.25, -0.2) is 4.39 Å². The lowest BCUT2D eigenvalue weighted by Gasteiger charge is -2.21. The van der Waals surface area contributed by atoms with E-state index in [2.05, 4.69) is 0 Å². The summed E-state index contributed by atoms with van der Waals surface area (Å²) in [5.74, 6) is 0.762. The molecular weight excluding hydrogens is 309 g/mol. The molecule has 0 aliphatic carbocycles. The highest BCUT2D eigenvalue weighted by Gasteiger charge is 2.24. The topological polar surface area (TPSA) is 20.3 Å². The molecule has 0 saturated carbocycles. The van der Waals surface area contributed by atoms with Crippen LogP contribution >= 0.6 is 11.8 Å². The smallest absolute Gasteiger partial charge is 0.254 e. The van der Waals surface area contributed by atoms with Crippen molar-refractivity contribution in [2.45, 2.75) is 18.6 Å². The Kier molecular flexibility index (Phi) is 5.01. The van der Waals surface area contributed by atoms with Gasteiger partial charge in [-0.05, 0) is 31.0 Å². The first-order valence-electron chi connectivity index (χ1n) is 7.88. The highest BCUT2D eigenvalue weighted by molar-refractivity contribution is 7.99. The SMILES string of the molecule is Cc1ccccc1C(=O)N1CCSC(c2ccccc2F)CC1. The fourth-order valence-corrected chi connectivity index (χ4v) is 4.19. The molecule has 120 valence electrons. The second-order valence-electron chi connectivity index (χ2n) is 5.78. The summed E-state index contributed by atoms with van der Waals surface area (Å²) in [5.41, 5.74) is 2.52. The Morgan fingerprint density at radius 3 is 2.65 bits per heavy atom. The Labute approximate surface area is 140 Å². The number of thioether (sulfide) groups is 1. The number of aryl methyl sites for hydroxylation is 1. The zero-order chi connectivity index (χ0) is 16.2. The number of hydrogen-bond donors (Lipinski definition) is 0. The van der Waals surface area contributed by atoms with E-state index in [-0.39, 0.29) is 17.0 Å². The van der Waals surface area contributed by atoms with E-state index >= 15 is 0 Å². The van der Waals surface area contributed by atoms with Crippen molar-refractivity contribution in [3.05, 3.63) is 71.0 Å². The van der Waals surface area contributed by atoms with Gasteiger partial charge in [-0.2, -0.15) is 11.8 Å². The standard InChI is InChI=1S/C19H20FNOS/c1-14-6-2-3-7-15(14)19(22)21-11-10-18(23-13-12-21)16-8-4-5-9-17(16)20/h2-9,18H,10-13H2,1H3. The van der Waals surface area contributed by atoms with Crippen molar-refractivity contribution in [1.82, 2.24) is 4.90 Å². The quantitative estimate of drug-likeness (QED) is 0.811. The molecule has 1 amide bonds. The number of carbonyl (C=O) groups is 1. The Bertz CT molecular complexity index is 703. The van der Waals surface area contributed by atoms with Crippen molar-refractivity contribution in [2.24, 2.45) is 0 Å². The van der Waals surface area contributed by atoms with Crippen LogP contribution in [0, 0.1) is 12.7 Å². The first kappa shape index (κ1) is 16.1. The van der Waals surface area contributed by atoms with Crippen LogP contribution in [0.5, 0.6) is 0 Å². The summed E-state index contributed by atoms with van der Waals surface area (Å²) in [7, 11) is 0. The monoisotopic (exact) mass is 329 g/mol. The lowest BCUT2D eigenvalue weighted by Crippen LogP contribution is -2.33. The molecule has 0 bridgehead atoms. The second kappa shape index (κ2) is 7.18. The van der Waals surface area contributed by atoms with Crippen LogP contribution in [0.25, 0.3) is 0 Å². The predicted molar refractivity (Wildman–Crippen MR) is 93.3 cm³/mol. The molecule has 2 nitrogen and oxygen atoms in total. The molecule has 1 unspecified atom stereocenters. The largest absolute Gasteiger partial charge is 0.338 e. The molecule has 0 N–H and O–H groups in total. The zero-order valence-electron chi connectivity index (χ0n) is 13.2. The van der Waals surface area contributed by atoms with Crippen molar-refractivity contribution in [1.29, 1.82) is 0 Å². The minimum absolute atomic E-state index is 0.0814. The minimum atomic E-state index is -0.149. The van der Waals surface area contributed by atoms with Crippen LogP contribution in [-0.4, -0.2) is 29.6 Å². The van der Waals surface area contributed by atoms with Gasteiger partial charge in [-0.3, -0.25) is 4.79 Å². The number of amides is 1. The molecule has 23 heavy (non-hydrogen) atoms. The lowest BCUT2D eigenvalue weighted by molar-refractivity contribution is 0.0766. The van der Waals surface area contributed by atoms with E-state index in [1.165, 1.54) is 6.07 Å². The Balaban J connectivity index is 1.73. The Hall–Kier alpha value is -1.81. The molecule has 0 radical (unpaired) electrons. The van der Waals surface area contributed by atoms with Gasteiger partial charge >= 0.3 is 0 Å². The Morgan fingerprint density at radius 2 is 1.87 bits per heavy atom. The van der Waals surface area contributed by atoms with Crippen LogP contribution in [0.15, 0.2) is 48.5 Å². The summed E-state index contributed by atoms with van der Waals surface area (Å²) in [4.78, 5) is 14.6. The average Bonchev–Trinajstić information content (AvgIpc) is 2.81. The maximum Gasteiger partial charge on any atom is 0.254 e. The molecular formula is C19H20FNOS. The zero-order valence-corrected chi connectivity index (χ0v) is 14.0. The van der Waals surface area contributed by atoms with Gasteiger partial charge in [0.2, 0.25) is 0 Å². The van der Waals surface area contributed by atoms with Crippen molar-refractivity contribution in [3.8, 4) is 0 Å². The van der Waals surface area contributed by atoms with Gasteiger partial charge in [-0.1, -0.05) is 36.4 Å². The van der Waals surface area contributed by atoms with E-state index in [0.29, 0.717) is 13.1 Å². The predicted octanol–water partition coefficient (Wildman–Crippen LogP) is 4.45. The third-order valence-corrected chi connectivity index (χ3v) is 5.57. The van der Waals surface area contributed by atoms with Gasteiger partial charge in [0.25, 0.3) is 5.91 Å². The number of halogens is 1. The highest BCUT2D eigenvalue weighted by Crippen LogP contribution is 2.35. The van der Waals surface area contributed by atoms with Crippen molar-refractivity contribution < 1.29 is 9.18 Å². The number of benzene rings is 2. The van der Waals surface area contributed by atoms with Gasteiger partial charge in [-0.15, -0.1) is 0 Å². The minimum Gasteiger partial charge on any atom is -0.338 e. The summed E-state index contributed by atoms with van der Waals surface area (Å²) < 4.78 is 14.0. The normalized spacial score (nSPS) is 18.5. The fraction of sp³-hybridized carbons (Fsp3) is 0.316. The van der Waals surface area contributed by atoms with Crippen LogP contribution in [-0.2, 0) is 0 Å². The number of carbonyl (C=O) groups excluding carboxylic acids is 1. The molecule has 0 spiro atoms. The van der Waals surface area contributed by atoms with Crippen LogP contribution in [0.1, 0.15) is 33.2 Å². The lowest BCUT2D eigenvalue weighted by atomic mass is 10.1. The maximum atomic E-state index is 14.0. The molecule has 1 aliphatic rings. The number of nitrogens with zero attached hydrogens (tertiary/aromatic N) is 1. The van der Waals surface area contributed by atoms with E-state index < -0.39 is 0 Å². The average molecular weight is 329 g/mol. The fourth-order valence-electron chi connectivity index (χ4n) is 2.94. The van der Waals surface area contributed by atoms with Gasteiger partial charge in [0.15, 0.2) is 0 Å². The maximum absolute atomic E-state index is 14.0. The van der Waals surface area contributed by atoms with Crippen LogP contribution in [0.2, 0.25) is 0 Å². The third-order valence-electron chi connectivity index (χ3n) is 4.26. The molecule has 2 aromatic rings. The number of hydrogen-bond acceptors (Lipinski definition) is 2. The first-order valence-corrected chi connectivity index (χ1v) is 8.92.